The first-order valence-corrected chi connectivity index (χ1v) is 6.97. The maximum atomic E-state index is 4.58. The van der Waals surface area contributed by atoms with Crippen LogP contribution in [0.1, 0.15) is 45.5 Å². The molecule has 2 N–H and O–H groups in total. The van der Waals surface area contributed by atoms with Crippen molar-refractivity contribution in [3.63, 3.8) is 0 Å². The molecule has 0 fully saturated rings. The molecule has 1 rings (SSSR count). The predicted molar refractivity (Wildman–Crippen MR) is 78.3 cm³/mol. The van der Waals surface area contributed by atoms with E-state index in [-0.39, 0.29) is 0 Å². The van der Waals surface area contributed by atoms with Crippen molar-refractivity contribution < 1.29 is 0 Å². The van der Waals surface area contributed by atoms with E-state index < -0.39 is 0 Å². The monoisotopic (exact) mass is 250 g/mol. The van der Waals surface area contributed by atoms with Crippen molar-refractivity contribution in [3.05, 3.63) is 11.4 Å². The Hall–Kier alpha value is -1.32. The topological polar surface area (TPSA) is 49.8 Å². The Morgan fingerprint density at radius 2 is 1.67 bits per heavy atom. The lowest BCUT2D eigenvalue weighted by Crippen LogP contribution is -2.15. The molecule has 0 saturated carbocycles. The molecular formula is C14H26N4. The van der Waals surface area contributed by atoms with E-state index in [1.165, 1.54) is 6.42 Å². The molecule has 0 saturated heterocycles. The molecule has 4 nitrogen and oxygen atoms in total. The van der Waals surface area contributed by atoms with Crippen LogP contribution < -0.4 is 10.6 Å². The number of anilines is 2. The van der Waals surface area contributed by atoms with Crippen molar-refractivity contribution in [1.29, 1.82) is 0 Å². The number of nitrogens with zero attached hydrogens (tertiary/aromatic N) is 2. The molecule has 0 bridgehead atoms. The summed E-state index contributed by atoms with van der Waals surface area (Å²) in [6.07, 6.45) is 2.04. The largest absolute Gasteiger partial charge is 0.370 e. The van der Waals surface area contributed by atoms with E-state index in [4.69, 9.17) is 0 Å². The van der Waals surface area contributed by atoms with Gasteiger partial charge in [-0.05, 0) is 19.8 Å². The van der Waals surface area contributed by atoms with Gasteiger partial charge in [-0.1, -0.05) is 27.2 Å². The third-order valence-electron chi connectivity index (χ3n) is 3.17. The molecule has 102 valence electrons. The molecule has 0 radical (unpaired) electrons. The molecule has 0 aliphatic rings. The van der Waals surface area contributed by atoms with Gasteiger partial charge in [0.1, 0.15) is 17.5 Å². The van der Waals surface area contributed by atoms with Gasteiger partial charge in [0.2, 0.25) is 0 Å². The highest BCUT2D eigenvalue weighted by molar-refractivity contribution is 5.57. The van der Waals surface area contributed by atoms with Gasteiger partial charge in [-0.2, -0.15) is 0 Å². The van der Waals surface area contributed by atoms with Gasteiger partial charge in [-0.15, -0.1) is 0 Å². The molecule has 0 spiro atoms. The van der Waals surface area contributed by atoms with E-state index in [9.17, 15) is 0 Å². The first kappa shape index (κ1) is 14.7. The van der Waals surface area contributed by atoms with Gasteiger partial charge >= 0.3 is 0 Å². The van der Waals surface area contributed by atoms with Crippen LogP contribution in [0.25, 0.3) is 0 Å². The summed E-state index contributed by atoms with van der Waals surface area (Å²) in [5.74, 6) is 3.48. The van der Waals surface area contributed by atoms with Crippen LogP contribution in [-0.4, -0.2) is 23.1 Å². The lowest BCUT2D eigenvalue weighted by molar-refractivity contribution is 0.592. The number of hydrogen-bond donors (Lipinski definition) is 2. The number of aryl methyl sites for hydroxylation is 1. The molecule has 1 unspecified atom stereocenters. The Morgan fingerprint density at radius 3 is 2.17 bits per heavy atom. The summed E-state index contributed by atoms with van der Waals surface area (Å²) in [5.41, 5.74) is 1.11. The molecule has 1 heterocycles. The minimum Gasteiger partial charge on any atom is -0.370 e. The minimum atomic E-state index is 0.659. The number of hydrogen-bond acceptors (Lipinski definition) is 4. The summed E-state index contributed by atoms with van der Waals surface area (Å²) in [4.78, 5) is 9.10. The molecule has 1 atom stereocenters. The van der Waals surface area contributed by atoms with Crippen LogP contribution in [0.4, 0.5) is 11.6 Å². The average Bonchev–Trinajstić information content (AvgIpc) is 2.39. The first-order chi connectivity index (χ1) is 8.62. The second-order valence-electron chi connectivity index (χ2n) is 4.74. The Balaban J connectivity index is 2.90. The highest BCUT2D eigenvalue weighted by Gasteiger charge is 2.10. The molecule has 1 aromatic heterocycles. The van der Waals surface area contributed by atoms with E-state index in [0.29, 0.717) is 5.92 Å². The van der Waals surface area contributed by atoms with Crippen molar-refractivity contribution >= 4 is 11.6 Å². The number of aromatic nitrogens is 2. The van der Waals surface area contributed by atoms with Crippen LogP contribution in [0.5, 0.6) is 0 Å². The zero-order valence-electron chi connectivity index (χ0n) is 12.3. The molecule has 0 aromatic carbocycles. The quantitative estimate of drug-likeness (QED) is 0.780. The Kier molecular flexibility index (Phi) is 5.89. The standard InChI is InChI=1S/C14H26N4/c1-6-10(4)9-16-14-11(5)13(15-8-3)17-12(7-2)18-14/h10H,6-9H2,1-5H3,(H2,15,16,17,18). The van der Waals surface area contributed by atoms with E-state index in [2.05, 4.69) is 55.2 Å². The van der Waals surface area contributed by atoms with Gasteiger partial charge in [0.05, 0.1) is 0 Å². The van der Waals surface area contributed by atoms with Crippen molar-refractivity contribution in [2.75, 3.05) is 23.7 Å². The highest BCUT2D eigenvalue weighted by Crippen LogP contribution is 2.20. The molecule has 1 aromatic rings. The summed E-state index contributed by atoms with van der Waals surface area (Å²) >= 11 is 0. The van der Waals surface area contributed by atoms with Gasteiger partial charge in [0, 0.05) is 25.1 Å². The zero-order valence-corrected chi connectivity index (χ0v) is 12.3. The van der Waals surface area contributed by atoms with Gasteiger partial charge < -0.3 is 10.6 Å². The summed E-state index contributed by atoms with van der Waals surface area (Å²) < 4.78 is 0. The fourth-order valence-electron chi connectivity index (χ4n) is 1.65. The molecule has 0 aliphatic heterocycles. The fourth-order valence-corrected chi connectivity index (χ4v) is 1.65. The first-order valence-electron chi connectivity index (χ1n) is 6.97. The maximum absolute atomic E-state index is 4.58. The Bertz CT molecular complexity index is 376. The van der Waals surface area contributed by atoms with Crippen LogP contribution in [-0.2, 0) is 6.42 Å². The molecular weight excluding hydrogens is 224 g/mol. The predicted octanol–water partition coefficient (Wildman–Crippen LogP) is 3.24. The van der Waals surface area contributed by atoms with E-state index in [1.807, 2.05) is 0 Å². The fraction of sp³-hybridized carbons (Fsp3) is 0.714. The van der Waals surface area contributed by atoms with Crippen LogP contribution in [0.15, 0.2) is 0 Å². The van der Waals surface area contributed by atoms with Gasteiger partial charge in [0.15, 0.2) is 0 Å². The maximum Gasteiger partial charge on any atom is 0.134 e. The van der Waals surface area contributed by atoms with Crippen molar-refractivity contribution in [1.82, 2.24) is 9.97 Å². The van der Waals surface area contributed by atoms with Crippen molar-refractivity contribution in [3.8, 4) is 0 Å². The Labute approximate surface area is 111 Å². The van der Waals surface area contributed by atoms with Crippen molar-refractivity contribution in [2.45, 2.75) is 47.5 Å². The van der Waals surface area contributed by atoms with Gasteiger partial charge in [-0.25, -0.2) is 9.97 Å². The summed E-state index contributed by atoms with van der Waals surface area (Å²) in [6.45, 7) is 12.5. The Morgan fingerprint density at radius 1 is 1.06 bits per heavy atom. The molecule has 4 heteroatoms. The van der Waals surface area contributed by atoms with E-state index in [0.717, 1.165) is 42.5 Å². The number of rotatable bonds is 7. The molecule has 0 aliphatic carbocycles. The summed E-state index contributed by atoms with van der Waals surface area (Å²) in [5, 5.41) is 6.75. The lowest BCUT2D eigenvalue weighted by atomic mass is 10.1. The smallest absolute Gasteiger partial charge is 0.134 e. The molecule has 18 heavy (non-hydrogen) atoms. The van der Waals surface area contributed by atoms with Crippen LogP contribution in [0, 0.1) is 12.8 Å². The molecule has 0 amide bonds. The van der Waals surface area contributed by atoms with Gasteiger partial charge in [0.25, 0.3) is 0 Å². The second-order valence-corrected chi connectivity index (χ2v) is 4.74. The SMILES string of the molecule is CCNc1nc(CC)nc(NCC(C)CC)c1C. The van der Waals surface area contributed by atoms with E-state index >= 15 is 0 Å². The van der Waals surface area contributed by atoms with Crippen molar-refractivity contribution in [2.24, 2.45) is 5.92 Å². The average molecular weight is 250 g/mol. The van der Waals surface area contributed by atoms with Crippen LogP contribution in [0.2, 0.25) is 0 Å². The van der Waals surface area contributed by atoms with Crippen LogP contribution in [0.3, 0.4) is 0 Å². The highest BCUT2D eigenvalue weighted by atomic mass is 15.1. The summed E-state index contributed by atoms with van der Waals surface area (Å²) in [6, 6.07) is 0. The minimum absolute atomic E-state index is 0.659. The third-order valence-corrected chi connectivity index (χ3v) is 3.17. The van der Waals surface area contributed by atoms with Gasteiger partial charge in [-0.3, -0.25) is 0 Å². The third kappa shape index (κ3) is 3.86. The second kappa shape index (κ2) is 7.19. The van der Waals surface area contributed by atoms with Crippen LogP contribution >= 0.6 is 0 Å². The zero-order chi connectivity index (χ0) is 13.5. The van der Waals surface area contributed by atoms with E-state index in [1.54, 1.807) is 0 Å². The lowest BCUT2D eigenvalue weighted by Gasteiger charge is -2.16. The number of nitrogens with one attached hydrogen (secondary N) is 2. The summed E-state index contributed by atoms with van der Waals surface area (Å²) in [7, 11) is 0. The normalized spacial score (nSPS) is 12.3.